The lowest BCUT2D eigenvalue weighted by atomic mass is 11.0. The quantitative estimate of drug-likeness (QED) is 0.327. The van der Waals surface area contributed by atoms with E-state index in [0.29, 0.717) is 0 Å². The monoisotopic (exact) mass is 93.0 g/mol. The summed E-state index contributed by atoms with van der Waals surface area (Å²) in [6.07, 6.45) is 0. The highest BCUT2D eigenvalue weighted by Gasteiger charge is 1.62. The Balaban J connectivity index is 1.97. The molecule has 1 radical (unpaired) electrons. The van der Waals surface area contributed by atoms with Gasteiger partial charge in [-0.25, -0.2) is 0 Å². The van der Waals surface area contributed by atoms with E-state index >= 15 is 0 Å². The predicted octanol–water partition coefficient (Wildman–Crippen LogP) is 0.491. The van der Waals surface area contributed by atoms with Crippen molar-refractivity contribution in [3.8, 4) is 0 Å². The van der Waals surface area contributed by atoms with Gasteiger partial charge in [-0.05, 0) is 6.04 Å². The fourth-order valence-corrected chi connectivity index (χ4v) is 0. The summed E-state index contributed by atoms with van der Waals surface area (Å²) >= 11 is 5.27. The molecule has 0 aliphatic heterocycles. The van der Waals surface area contributed by atoms with Gasteiger partial charge in [-0.2, -0.15) is 11.1 Å². The van der Waals surface area contributed by atoms with Gasteiger partial charge in [0.2, 0.25) is 0 Å². The highest BCUT2D eigenvalue weighted by molar-refractivity contribution is 6.95. The van der Waals surface area contributed by atoms with Gasteiger partial charge in [0.1, 0.15) is 8.83 Å². The average molecular weight is 93.6 g/mol. The Morgan fingerprint density at radius 3 is 2.25 bits per heavy atom. The summed E-state index contributed by atoms with van der Waals surface area (Å²) in [7, 11) is -0.228. The first kappa shape index (κ1) is 4.51. The van der Waals surface area contributed by atoms with Crippen LogP contribution >= 0.6 is 11.1 Å². The number of halogens is 1. The van der Waals surface area contributed by atoms with Crippen LogP contribution < -0.4 is 0 Å². The van der Waals surface area contributed by atoms with Crippen LogP contribution in [0.5, 0.6) is 0 Å². The van der Waals surface area contributed by atoms with E-state index in [1.165, 1.54) is 0 Å². The molecule has 4 heavy (non-hydrogen) atoms. The van der Waals surface area contributed by atoms with Crippen LogP contribution in [0, 0.1) is 6.04 Å². The first-order valence-corrected chi connectivity index (χ1v) is 4.21. The van der Waals surface area contributed by atoms with Crippen molar-refractivity contribution in [1.82, 2.24) is 0 Å². The SMILES string of the molecule is C[CH][SiH2]Cl. The fraction of sp³-hybridized carbons (Fsp3) is 0.500. The molecule has 0 amide bonds. The topological polar surface area (TPSA) is 0 Å². The molecule has 2 heteroatoms. The lowest BCUT2D eigenvalue weighted by molar-refractivity contribution is 1.71. The first-order valence-electron chi connectivity index (χ1n) is 1.25. The van der Waals surface area contributed by atoms with Crippen molar-refractivity contribution in [2.45, 2.75) is 6.92 Å². The van der Waals surface area contributed by atoms with Gasteiger partial charge in [-0.3, -0.25) is 0 Å². The van der Waals surface area contributed by atoms with E-state index in [4.69, 9.17) is 11.1 Å². The minimum Gasteiger partial charge on any atom is -0.176 e. The molecule has 0 unspecified atom stereocenters. The second-order valence-electron chi connectivity index (χ2n) is 0.563. The maximum Gasteiger partial charge on any atom is 0.128 e. The van der Waals surface area contributed by atoms with E-state index in [-0.39, 0.29) is 8.83 Å². The summed E-state index contributed by atoms with van der Waals surface area (Å²) in [5, 5.41) is 0. The number of rotatable bonds is 1. The lowest BCUT2D eigenvalue weighted by Gasteiger charge is -1.62. The van der Waals surface area contributed by atoms with Crippen LogP contribution in [0.2, 0.25) is 0 Å². The van der Waals surface area contributed by atoms with Crippen molar-refractivity contribution in [2.24, 2.45) is 0 Å². The third-order valence-corrected chi connectivity index (χ3v) is 1.39. The van der Waals surface area contributed by atoms with Crippen LogP contribution in [0.15, 0.2) is 0 Å². The van der Waals surface area contributed by atoms with Crippen LogP contribution in [-0.4, -0.2) is 8.83 Å². The molecule has 0 aromatic heterocycles. The molecule has 0 heterocycles. The molecular weight excluding hydrogens is 87.6 g/mol. The number of hydrogen-bond acceptors (Lipinski definition) is 0. The third-order valence-electron chi connectivity index (χ3n) is 0.154. The van der Waals surface area contributed by atoms with Gasteiger partial charge in [0.05, 0.1) is 0 Å². The minimum atomic E-state index is -0.228. The van der Waals surface area contributed by atoms with Crippen LogP contribution in [0.4, 0.5) is 0 Å². The van der Waals surface area contributed by atoms with Crippen molar-refractivity contribution < 1.29 is 0 Å². The van der Waals surface area contributed by atoms with E-state index in [2.05, 4.69) is 0 Å². The van der Waals surface area contributed by atoms with Gasteiger partial charge in [0, 0.05) is 0 Å². The van der Waals surface area contributed by atoms with E-state index in [0.717, 1.165) is 0 Å². The zero-order chi connectivity index (χ0) is 3.41. The van der Waals surface area contributed by atoms with Crippen LogP contribution in [0.1, 0.15) is 6.92 Å². The highest BCUT2D eigenvalue weighted by Crippen LogP contribution is 1.68. The molecule has 0 aliphatic carbocycles. The van der Waals surface area contributed by atoms with Crippen molar-refractivity contribution >= 4 is 19.9 Å². The summed E-state index contributed by atoms with van der Waals surface area (Å²) in [5.41, 5.74) is 0. The molecular formula is C2H6ClSi. The summed E-state index contributed by atoms with van der Waals surface area (Å²) in [6.45, 7) is 1.99. The van der Waals surface area contributed by atoms with Crippen molar-refractivity contribution in [2.75, 3.05) is 0 Å². The Morgan fingerprint density at radius 2 is 2.25 bits per heavy atom. The molecule has 0 bridgehead atoms. The van der Waals surface area contributed by atoms with Gasteiger partial charge in [0.25, 0.3) is 0 Å². The molecule has 0 aromatic rings. The predicted molar refractivity (Wildman–Crippen MR) is 24.4 cm³/mol. The molecule has 25 valence electrons. The zero-order valence-electron chi connectivity index (χ0n) is 2.66. The summed E-state index contributed by atoms with van der Waals surface area (Å²) < 4.78 is 0. The molecule has 0 nitrogen and oxygen atoms in total. The lowest BCUT2D eigenvalue weighted by Crippen LogP contribution is -1.65. The maximum atomic E-state index is 5.27. The normalized spacial score (nSPS) is 10.5. The maximum absolute atomic E-state index is 5.27. The molecule has 0 saturated heterocycles. The Morgan fingerprint density at radius 1 is 2.00 bits per heavy atom. The average Bonchev–Trinajstić information content (AvgIpc) is 1.37. The van der Waals surface area contributed by atoms with Crippen LogP contribution in [0.3, 0.4) is 0 Å². The Hall–Kier alpha value is 0.507. The summed E-state index contributed by atoms with van der Waals surface area (Å²) in [5.74, 6) is 0. The van der Waals surface area contributed by atoms with Crippen molar-refractivity contribution in [3.63, 3.8) is 0 Å². The van der Waals surface area contributed by atoms with E-state index < -0.39 is 0 Å². The second-order valence-corrected chi connectivity index (χ2v) is 2.61. The van der Waals surface area contributed by atoms with Crippen molar-refractivity contribution in [3.05, 3.63) is 6.04 Å². The second kappa shape index (κ2) is 3.51. The van der Waals surface area contributed by atoms with E-state index in [9.17, 15) is 0 Å². The van der Waals surface area contributed by atoms with Gasteiger partial charge >= 0.3 is 0 Å². The molecule has 0 rings (SSSR count). The molecule has 0 aromatic carbocycles. The Bertz CT molecular complexity index is 8.00. The highest BCUT2D eigenvalue weighted by atomic mass is 35.6. The Kier molecular flexibility index (Phi) is 3.95. The molecule has 0 N–H and O–H groups in total. The molecule has 0 aliphatic rings. The molecule has 0 atom stereocenters. The van der Waals surface area contributed by atoms with Crippen molar-refractivity contribution in [1.29, 1.82) is 0 Å². The number of hydrogen-bond donors (Lipinski definition) is 0. The largest absolute Gasteiger partial charge is 0.176 e. The molecule has 0 spiro atoms. The summed E-state index contributed by atoms with van der Waals surface area (Å²) in [6, 6.07) is 2.03. The van der Waals surface area contributed by atoms with E-state index in [1.54, 1.807) is 0 Å². The standard InChI is InChI=1S/C2H6ClSi/c1-2-4-3/h2H,4H2,1H3. The first-order chi connectivity index (χ1) is 1.91. The van der Waals surface area contributed by atoms with Gasteiger partial charge in [-0.15, -0.1) is 0 Å². The van der Waals surface area contributed by atoms with Crippen LogP contribution in [-0.2, 0) is 0 Å². The van der Waals surface area contributed by atoms with Gasteiger partial charge in [-0.1, -0.05) is 6.92 Å². The zero-order valence-corrected chi connectivity index (χ0v) is 4.83. The third kappa shape index (κ3) is 2.51. The summed E-state index contributed by atoms with van der Waals surface area (Å²) in [4.78, 5) is 0. The van der Waals surface area contributed by atoms with Gasteiger partial charge < -0.3 is 0 Å². The molecule has 0 fully saturated rings. The van der Waals surface area contributed by atoms with Gasteiger partial charge in [0.15, 0.2) is 0 Å². The minimum absolute atomic E-state index is 0.228. The Labute approximate surface area is 33.7 Å². The molecule has 0 saturated carbocycles. The van der Waals surface area contributed by atoms with Crippen LogP contribution in [0.25, 0.3) is 0 Å². The smallest absolute Gasteiger partial charge is 0.128 e. The van der Waals surface area contributed by atoms with E-state index in [1.807, 2.05) is 13.0 Å². The fourth-order valence-electron chi connectivity index (χ4n) is 0.